The zero-order valence-corrected chi connectivity index (χ0v) is 15.9. The molecule has 1 saturated carbocycles. The molecule has 1 fully saturated rings. The van der Waals surface area contributed by atoms with E-state index >= 15 is 0 Å². The van der Waals surface area contributed by atoms with Crippen LogP contribution in [0.15, 0.2) is 54.6 Å². The summed E-state index contributed by atoms with van der Waals surface area (Å²) < 4.78 is 0. The van der Waals surface area contributed by atoms with Crippen molar-refractivity contribution in [3.8, 4) is 0 Å². The number of benzene rings is 2. The second-order valence-electron chi connectivity index (χ2n) is 6.89. The topological polar surface area (TPSA) is 3.24 Å². The molecule has 3 rings (SSSR count). The first-order valence-corrected chi connectivity index (χ1v) is 9.91. The molecule has 0 aliphatic heterocycles. The first-order valence-electron chi connectivity index (χ1n) is 9.54. The van der Waals surface area contributed by atoms with Crippen LogP contribution in [-0.4, -0.2) is 13.1 Å². The average Bonchev–Trinajstić information content (AvgIpc) is 2.67. The normalized spacial score (nSPS) is 15.6. The molecule has 2 heteroatoms. The van der Waals surface area contributed by atoms with E-state index in [1.54, 1.807) is 0 Å². The SMILES string of the molecule is CCN(C/C=C\c1ccc(C2CCCCC2)c(Cl)c1)c1ccccc1. The van der Waals surface area contributed by atoms with Crippen molar-refractivity contribution in [3.63, 3.8) is 0 Å². The van der Waals surface area contributed by atoms with Gasteiger partial charge in [-0.25, -0.2) is 0 Å². The molecule has 0 amide bonds. The van der Waals surface area contributed by atoms with Crippen molar-refractivity contribution in [1.82, 2.24) is 0 Å². The zero-order valence-electron chi connectivity index (χ0n) is 15.1. The van der Waals surface area contributed by atoms with Gasteiger partial charge in [-0.15, -0.1) is 0 Å². The summed E-state index contributed by atoms with van der Waals surface area (Å²) in [6.07, 6.45) is 11.0. The van der Waals surface area contributed by atoms with Gasteiger partial charge in [0.1, 0.15) is 0 Å². The van der Waals surface area contributed by atoms with Gasteiger partial charge in [0.25, 0.3) is 0 Å². The number of rotatable bonds is 6. The minimum Gasteiger partial charge on any atom is -0.368 e. The van der Waals surface area contributed by atoms with Crippen molar-refractivity contribution in [3.05, 3.63) is 70.8 Å². The number of para-hydroxylation sites is 1. The quantitative estimate of drug-likeness (QED) is 0.544. The Balaban J connectivity index is 1.64. The van der Waals surface area contributed by atoms with Gasteiger partial charge in [0.05, 0.1) is 0 Å². The predicted molar refractivity (Wildman–Crippen MR) is 111 cm³/mol. The molecule has 0 spiro atoms. The summed E-state index contributed by atoms with van der Waals surface area (Å²) in [6.45, 7) is 4.09. The van der Waals surface area contributed by atoms with Crippen LogP contribution < -0.4 is 4.90 Å². The Labute approximate surface area is 157 Å². The number of likely N-dealkylation sites (N-methyl/N-ethyl adjacent to an activating group) is 1. The lowest BCUT2D eigenvalue weighted by Crippen LogP contribution is -2.22. The van der Waals surface area contributed by atoms with Gasteiger partial charge in [-0.1, -0.05) is 73.3 Å². The maximum absolute atomic E-state index is 6.58. The lowest BCUT2D eigenvalue weighted by atomic mass is 9.84. The van der Waals surface area contributed by atoms with Crippen LogP contribution in [0.4, 0.5) is 5.69 Å². The number of halogens is 1. The molecule has 1 aliphatic carbocycles. The summed E-state index contributed by atoms with van der Waals surface area (Å²) in [7, 11) is 0. The van der Waals surface area contributed by atoms with Crippen molar-refractivity contribution >= 4 is 23.4 Å². The molecule has 0 bridgehead atoms. The van der Waals surface area contributed by atoms with Crippen LogP contribution in [0.2, 0.25) is 5.02 Å². The minimum absolute atomic E-state index is 0.660. The molecule has 0 N–H and O–H groups in total. The summed E-state index contributed by atoms with van der Waals surface area (Å²) in [4.78, 5) is 2.36. The lowest BCUT2D eigenvalue weighted by Gasteiger charge is -2.23. The third-order valence-electron chi connectivity index (χ3n) is 5.21. The predicted octanol–water partition coefficient (Wildman–Crippen LogP) is 6.93. The molecule has 2 aromatic rings. The maximum atomic E-state index is 6.58. The molecule has 0 heterocycles. The van der Waals surface area contributed by atoms with E-state index in [1.165, 1.54) is 48.9 Å². The maximum Gasteiger partial charge on any atom is 0.0446 e. The molecule has 0 unspecified atom stereocenters. The molecule has 0 radical (unpaired) electrons. The molecule has 25 heavy (non-hydrogen) atoms. The Morgan fingerprint density at radius 2 is 1.80 bits per heavy atom. The van der Waals surface area contributed by atoms with E-state index in [1.807, 2.05) is 0 Å². The van der Waals surface area contributed by atoms with Crippen molar-refractivity contribution < 1.29 is 0 Å². The van der Waals surface area contributed by atoms with Gasteiger partial charge < -0.3 is 4.90 Å². The largest absolute Gasteiger partial charge is 0.368 e. The van der Waals surface area contributed by atoms with Gasteiger partial charge in [-0.3, -0.25) is 0 Å². The Hall–Kier alpha value is -1.73. The Morgan fingerprint density at radius 3 is 2.48 bits per heavy atom. The van der Waals surface area contributed by atoms with Crippen LogP contribution >= 0.6 is 11.6 Å². The summed E-state index contributed by atoms with van der Waals surface area (Å²) in [5.74, 6) is 0.660. The third kappa shape index (κ3) is 4.89. The van der Waals surface area contributed by atoms with Gasteiger partial charge in [0, 0.05) is 23.8 Å². The fourth-order valence-corrected chi connectivity index (χ4v) is 4.11. The highest BCUT2D eigenvalue weighted by atomic mass is 35.5. The fourth-order valence-electron chi connectivity index (χ4n) is 3.76. The third-order valence-corrected chi connectivity index (χ3v) is 5.54. The van der Waals surface area contributed by atoms with E-state index in [2.05, 4.69) is 72.5 Å². The number of nitrogens with zero attached hydrogens (tertiary/aromatic N) is 1. The van der Waals surface area contributed by atoms with Gasteiger partial charge in [-0.05, 0) is 55.0 Å². The van der Waals surface area contributed by atoms with Crippen LogP contribution in [0.25, 0.3) is 6.08 Å². The van der Waals surface area contributed by atoms with E-state index in [0.717, 1.165) is 18.1 Å². The van der Waals surface area contributed by atoms with Gasteiger partial charge >= 0.3 is 0 Å². The summed E-state index contributed by atoms with van der Waals surface area (Å²) >= 11 is 6.58. The van der Waals surface area contributed by atoms with Crippen molar-refractivity contribution in [2.75, 3.05) is 18.0 Å². The van der Waals surface area contributed by atoms with E-state index in [9.17, 15) is 0 Å². The van der Waals surface area contributed by atoms with E-state index in [-0.39, 0.29) is 0 Å². The van der Waals surface area contributed by atoms with Crippen LogP contribution in [0.1, 0.15) is 56.1 Å². The second kappa shape index (κ2) is 9.10. The molecule has 0 atom stereocenters. The number of hydrogen-bond acceptors (Lipinski definition) is 1. The van der Waals surface area contributed by atoms with Crippen LogP contribution in [0, 0.1) is 0 Å². The highest BCUT2D eigenvalue weighted by Crippen LogP contribution is 2.36. The molecule has 0 aromatic heterocycles. The molecule has 2 aromatic carbocycles. The van der Waals surface area contributed by atoms with Gasteiger partial charge in [0.15, 0.2) is 0 Å². The van der Waals surface area contributed by atoms with Gasteiger partial charge in [0.2, 0.25) is 0 Å². The summed E-state index contributed by atoms with van der Waals surface area (Å²) in [6, 6.07) is 17.1. The smallest absolute Gasteiger partial charge is 0.0446 e. The van der Waals surface area contributed by atoms with Crippen molar-refractivity contribution in [2.24, 2.45) is 0 Å². The van der Waals surface area contributed by atoms with Crippen molar-refractivity contribution in [1.29, 1.82) is 0 Å². The van der Waals surface area contributed by atoms with Gasteiger partial charge in [-0.2, -0.15) is 0 Å². The molecule has 1 aliphatic rings. The Kier molecular flexibility index (Phi) is 6.58. The monoisotopic (exact) mass is 353 g/mol. The summed E-state index contributed by atoms with van der Waals surface area (Å²) in [5, 5.41) is 0.935. The molecule has 132 valence electrons. The zero-order chi connectivity index (χ0) is 17.5. The van der Waals surface area contributed by atoms with Crippen LogP contribution in [0.3, 0.4) is 0 Å². The highest BCUT2D eigenvalue weighted by Gasteiger charge is 2.17. The highest BCUT2D eigenvalue weighted by molar-refractivity contribution is 6.31. The average molecular weight is 354 g/mol. The van der Waals surface area contributed by atoms with E-state index in [4.69, 9.17) is 11.6 Å². The van der Waals surface area contributed by atoms with Crippen molar-refractivity contribution in [2.45, 2.75) is 44.9 Å². The van der Waals surface area contributed by atoms with E-state index < -0.39 is 0 Å². The first-order chi connectivity index (χ1) is 12.3. The summed E-state index contributed by atoms with van der Waals surface area (Å²) in [5.41, 5.74) is 3.80. The van der Waals surface area contributed by atoms with E-state index in [0.29, 0.717) is 5.92 Å². The standard InChI is InChI=1S/C23H28ClN/c1-2-25(21-13-7-4-8-14-21)17-9-10-19-15-16-22(23(24)18-19)20-11-5-3-6-12-20/h4,7-10,13-16,18,20H,2-3,5-6,11-12,17H2,1H3/b10-9-. The number of hydrogen-bond donors (Lipinski definition) is 0. The number of anilines is 1. The second-order valence-corrected chi connectivity index (χ2v) is 7.30. The first kappa shape index (κ1) is 18.1. The molecular weight excluding hydrogens is 326 g/mol. The van der Waals surface area contributed by atoms with Crippen LogP contribution in [-0.2, 0) is 0 Å². The molecule has 1 nitrogen and oxygen atoms in total. The lowest BCUT2D eigenvalue weighted by molar-refractivity contribution is 0.444. The Morgan fingerprint density at radius 1 is 1.04 bits per heavy atom. The molecular formula is C23H28ClN. The fraction of sp³-hybridized carbons (Fsp3) is 0.391. The minimum atomic E-state index is 0.660. The molecule has 0 saturated heterocycles. The van der Waals surface area contributed by atoms with Crippen LogP contribution in [0.5, 0.6) is 0 Å². The Bertz CT molecular complexity index is 686.